The van der Waals surface area contributed by atoms with E-state index in [2.05, 4.69) is 19.2 Å². The van der Waals surface area contributed by atoms with Crippen LogP contribution in [0.15, 0.2) is 43.4 Å². The molecule has 2 heterocycles. The van der Waals surface area contributed by atoms with Crippen molar-refractivity contribution in [3.05, 3.63) is 82.6 Å². The van der Waals surface area contributed by atoms with Gasteiger partial charge in [0.1, 0.15) is 5.75 Å². The monoisotopic (exact) mass is 503 g/mol. The Kier molecular flexibility index (Phi) is 9.06. The van der Waals surface area contributed by atoms with Gasteiger partial charge in [0.2, 0.25) is 11.8 Å². The molecule has 0 aliphatic rings. The lowest BCUT2D eigenvalue weighted by molar-refractivity contribution is 0.391. The molecule has 2 aromatic heterocycles. The number of nitrogens with zero attached hydrogens (tertiary/aromatic N) is 4. The van der Waals surface area contributed by atoms with Crippen LogP contribution in [0.1, 0.15) is 36.5 Å². The SMILES string of the molecule is CCNCC.COc1ccc(C(c2c(O)n(C)c(=O)n(C)c2=O)c2c(O)n(C)c(=O)n(C)c2=O)cc1. The summed E-state index contributed by atoms with van der Waals surface area (Å²) < 4.78 is 8.43. The molecule has 0 saturated carbocycles. The van der Waals surface area contributed by atoms with Crippen molar-refractivity contribution in [1.29, 1.82) is 0 Å². The van der Waals surface area contributed by atoms with Crippen molar-refractivity contribution in [3.63, 3.8) is 0 Å². The molecule has 0 aliphatic heterocycles. The third-order valence-electron chi connectivity index (χ3n) is 5.86. The molecule has 196 valence electrons. The normalized spacial score (nSPS) is 10.8. The highest BCUT2D eigenvalue weighted by molar-refractivity contribution is 5.49. The van der Waals surface area contributed by atoms with E-state index in [-0.39, 0.29) is 11.1 Å². The van der Waals surface area contributed by atoms with Gasteiger partial charge in [0.15, 0.2) is 0 Å². The van der Waals surface area contributed by atoms with E-state index in [0.717, 1.165) is 31.4 Å². The third kappa shape index (κ3) is 5.13. The molecule has 0 atom stereocenters. The largest absolute Gasteiger partial charge is 0.497 e. The van der Waals surface area contributed by atoms with E-state index in [1.165, 1.54) is 35.3 Å². The molecule has 12 nitrogen and oxygen atoms in total. The van der Waals surface area contributed by atoms with Gasteiger partial charge in [0.05, 0.1) is 24.2 Å². The fraction of sp³-hybridized carbons (Fsp3) is 0.417. The van der Waals surface area contributed by atoms with Crippen LogP contribution in [0.2, 0.25) is 0 Å². The Hall–Kier alpha value is -4.06. The molecule has 0 bridgehead atoms. The highest BCUT2D eigenvalue weighted by atomic mass is 16.5. The first-order valence-corrected chi connectivity index (χ1v) is 11.3. The van der Waals surface area contributed by atoms with Gasteiger partial charge in [-0.15, -0.1) is 0 Å². The van der Waals surface area contributed by atoms with Crippen molar-refractivity contribution in [2.24, 2.45) is 28.2 Å². The molecule has 0 unspecified atom stereocenters. The smallest absolute Gasteiger partial charge is 0.333 e. The Morgan fingerprint density at radius 3 is 1.44 bits per heavy atom. The van der Waals surface area contributed by atoms with Crippen molar-refractivity contribution in [3.8, 4) is 17.5 Å². The van der Waals surface area contributed by atoms with Gasteiger partial charge < -0.3 is 20.3 Å². The van der Waals surface area contributed by atoms with Gasteiger partial charge in [-0.3, -0.25) is 27.9 Å². The molecule has 36 heavy (non-hydrogen) atoms. The Bertz CT molecular complexity index is 1380. The summed E-state index contributed by atoms with van der Waals surface area (Å²) in [6, 6.07) is 6.26. The molecule has 0 aliphatic carbocycles. The predicted octanol–water partition coefficient (Wildman–Crippen LogP) is -0.303. The lowest BCUT2D eigenvalue weighted by atomic mass is 9.86. The number of hydrogen-bond acceptors (Lipinski definition) is 8. The van der Waals surface area contributed by atoms with Gasteiger partial charge in [-0.1, -0.05) is 26.0 Å². The van der Waals surface area contributed by atoms with E-state index in [1.807, 2.05) is 0 Å². The lowest BCUT2D eigenvalue weighted by Gasteiger charge is -2.22. The molecule has 1 aromatic carbocycles. The van der Waals surface area contributed by atoms with Crippen molar-refractivity contribution >= 4 is 0 Å². The van der Waals surface area contributed by atoms with Crippen LogP contribution in [0, 0.1) is 0 Å². The fourth-order valence-electron chi connectivity index (χ4n) is 3.75. The van der Waals surface area contributed by atoms with Gasteiger partial charge in [-0.2, -0.15) is 0 Å². The number of ether oxygens (including phenoxy) is 1. The zero-order valence-corrected chi connectivity index (χ0v) is 21.5. The first-order valence-electron chi connectivity index (χ1n) is 11.3. The number of rotatable bonds is 6. The summed E-state index contributed by atoms with van der Waals surface area (Å²) in [5.41, 5.74) is -3.50. The van der Waals surface area contributed by atoms with E-state index in [0.29, 0.717) is 11.3 Å². The van der Waals surface area contributed by atoms with Crippen LogP contribution in [-0.2, 0) is 28.2 Å². The summed E-state index contributed by atoms with van der Waals surface area (Å²) in [6.45, 7) is 6.39. The summed E-state index contributed by atoms with van der Waals surface area (Å²) in [7, 11) is 6.47. The summed E-state index contributed by atoms with van der Waals surface area (Å²) in [5.74, 6) is -2.12. The van der Waals surface area contributed by atoms with Gasteiger partial charge in [-0.25, -0.2) is 9.59 Å². The summed E-state index contributed by atoms with van der Waals surface area (Å²) >= 11 is 0. The van der Waals surface area contributed by atoms with Crippen LogP contribution in [-0.4, -0.2) is 48.7 Å². The molecular formula is C24H33N5O7. The Labute approximate surface area is 207 Å². The zero-order chi connectivity index (χ0) is 27.3. The Balaban J connectivity index is 0.000000830. The fourth-order valence-corrected chi connectivity index (χ4v) is 3.75. The molecule has 12 heteroatoms. The molecule has 0 amide bonds. The van der Waals surface area contributed by atoms with Crippen LogP contribution < -0.4 is 32.6 Å². The first-order chi connectivity index (χ1) is 16.9. The molecule has 0 saturated heterocycles. The Morgan fingerprint density at radius 1 is 0.750 bits per heavy atom. The minimum atomic E-state index is -1.29. The van der Waals surface area contributed by atoms with Gasteiger partial charge in [0, 0.05) is 28.2 Å². The number of aromatic hydroxyl groups is 2. The Morgan fingerprint density at radius 2 is 1.14 bits per heavy atom. The number of nitrogens with one attached hydrogen (secondary N) is 1. The van der Waals surface area contributed by atoms with Gasteiger partial charge in [-0.05, 0) is 30.8 Å². The number of methoxy groups -OCH3 is 1. The molecule has 0 radical (unpaired) electrons. The second-order valence-corrected chi connectivity index (χ2v) is 8.05. The average Bonchev–Trinajstić information content (AvgIpc) is 2.88. The predicted molar refractivity (Wildman–Crippen MR) is 135 cm³/mol. The van der Waals surface area contributed by atoms with E-state index in [9.17, 15) is 29.4 Å². The first kappa shape index (κ1) is 28.2. The summed E-state index contributed by atoms with van der Waals surface area (Å²) in [5, 5.41) is 24.5. The van der Waals surface area contributed by atoms with E-state index in [1.54, 1.807) is 24.3 Å². The molecular weight excluding hydrogens is 470 g/mol. The average molecular weight is 504 g/mol. The summed E-state index contributed by atoms with van der Waals surface area (Å²) in [4.78, 5) is 50.5. The second-order valence-electron chi connectivity index (χ2n) is 8.05. The highest BCUT2D eigenvalue weighted by Crippen LogP contribution is 2.36. The van der Waals surface area contributed by atoms with Crippen LogP contribution in [0.4, 0.5) is 0 Å². The standard InChI is InChI=1S/C20H22N4O7.C4H11N/c1-21-15(25)13(16(26)22(2)19(21)29)12(10-6-8-11(31-5)9-7-10)14-17(27)23(3)20(30)24(4)18(14)28;1-3-5-4-2/h6-9,12,25,27H,1-5H3;5H,3-4H2,1-2H3. The van der Waals surface area contributed by atoms with Gasteiger partial charge >= 0.3 is 11.4 Å². The van der Waals surface area contributed by atoms with Crippen molar-refractivity contribution in [1.82, 2.24) is 23.6 Å². The van der Waals surface area contributed by atoms with Crippen LogP contribution in [0.5, 0.6) is 17.5 Å². The minimum absolute atomic E-state index is 0.305. The molecule has 3 N–H and O–H groups in total. The molecule has 0 spiro atoms. The second kappa shape index (κ2) is 11.6. The zero-order valence-electron chi connectivity index (χ0n) is 21.5. The van der Waals surface area contributed by atoms with Crippen molar-refractivity contribution in [2.45, 2.75) is 19.8 Å². The topological polar surface area (TPSA) is 150 Å². The van der Waals surface area contributed by atoms with Crippen molar-refractivity contribution in [2.75, 3.05) is 20.2 Å². The number of benzene rings is 1. The van der Waals surface area contributed by atoms with E-state index < -0.39 is 40.2 Å². The lowest BCUT2D eigenvalue weighted by Crippen LogP contribution is -2.42. The van der Waals surface area contributed by atoms with Crippen molar-refractivity contribution < 1.29 is 14.9 Å². The summed E-state index contributed by atoms with van der Waals surface area (Å²) in [6.07, 6.45) is 0. The maximum Gasteiger partial charge on any atom is 0.333 e. The maximum atomic E-state index is 13.0. The number of hydrogen-bond donors (Lipinski definition) is 3. The maximum absolute atomic E-state index is 13.0. The highest BCUT2D eigenvalue weighted by Gasteiger charge is 2.33. The quantitative estimate of drug-likeness (QED) is 0.415. The molecule has 3 aromatic rings. The minimum Gasteiger partial charge on any atom is -0.497 e. The van der Waals surface area contributed by atoms with E-state index >= 15 is 0 Å². The van der Waals surface area contributed by atoms with Crippen LogP contribution in [0.3, 0.4) is 0 Å². The molecule has 3 rings (SSSR count). The third-order valence-corrected chi connectivity index (χ3v) is 5.86. The van der Waals surface area contributed by atoms with Gasteiger partial charge in [0.25, 0.3) is 11.1 Å². The van der Waals surface area contributed by atoms with Crippen LogP contribution in [0.25, 0.3) is 0 Å². The number of aromatic nitrogens is 4. The van der Waals surface area contributed by atoms with Crippen LogP contribution >= 0.6 is 0 Å². The molecule has 0 fully saturated rings. The van der Waals surface area contributed by atoms with E-state index in [4.69, 9.17) is 4.74 Å².